The molecule has 0 saturated carbocycles. The third-order valence-corrected chi connectivity index (χ3v) is 1.34. The Labute approximate surface area is 64.8 Å². The molecule has 0 aliphatic heterocycles. The number of ketones is 1. The fraction of sp³-hybridized carbons (Fsp3) is 0.125. The van der Waals surface area contributed by atoms with Crippen LogP contribution in [-0.2, 0) is 0 Å². The van der Waals surface area contributed by atoms with Crippen LogP contribution in [-0.4, -0.2) is 10.9 Å². The number of carbonyl (C=O) groups is 1. The SMILES string of the molecule is CC(=O)c1cc(F)ccc1O.[HH]. The van der Waals surface area contributed by atoms with E-state index in [-0.39, 0.29) is 18.5 Å². The fourth-order valence-corrected chi connectivity index (χ4v) is 0.790. The summed E-state index contributed by atoms with van der Waals surface area (Å²) in [6.07, 6.45) is 0. The molecule has 1 aromatic rings. The molecular formula is C8H9FO2. The van der Waals surface area contributed by atoms with Crippen molar-refractivity contribution in [3.8, 4) is 5.75 Å². The van der Waals surface area contributed by atoms with E-state index in [0.717, 1.165) is 18.2 Å². The van der Waals surface area contributed by atoms with E-state index in [1.54, 1.807) is 0 Å². The van der Waals surface area contributed by atoms with E-state index in [0.29, 0.717) is 0 Å². The number of aromatic hydroxyl groups is 1. The molecule has 2 nitrogen and oxygen atoms in total. The lowest BCUT2D eigenvalue weighted by Gasteiger charge is -1.98. The van der Waals surface area contributed by atoms with Crippen LogP contribution in [0.15, 0.2) is 18.2 Å². The summed E-state index contributed by atoms with van der Waals surface area (Å²) in [4.78, 5) is 10.7. The van der Waals surface area contributed by atoms with E-state index in [9.17, 15) is 9.18 Å². The molecule has 60 valence electrons. The topological polar surface area (TPSA) is 37.3 Å². The summed E-state index contributed by atoms with van der Waals surface area (Å²) in [5.41, 5.74) is 0.0185. The van der Waals surface area contributed by atoms with Gasteiger partial charge in [-0.15, -0.1) is 0 Å². The molecule has 0 spiro atoms. The van der Waals surface area contributed by atoms with Gasteiger partial charge in [0.2, 0.25) is 0 Å². The van der Waals surface area contributed by atoms with E-state index in [1.165, 1.54) is 6.92 Å². The Hall–Kier alpha value is -1.38. The van der Waals surface area contributed by atoms with Crippen LogP contribution in [0.2, 0.25) is 0 Å². The third-order valence-electron chi connectivity index (χ3n) is 1.34. The van der Waals surface area contributed by atoms with Gasteiger partial charge in [0.15, 0.2) is 5.78 Å². The fourth-order valence-electron chi connectivity index (χ4n) is 0.790. The first-order valence-electron chi connectivity index (χ1n) is 3.10. The molecule has 1 N–H and O–H groups in total. The van der Waals surface area contributed by atoms with Gasteiger partial charge >= 0.3 is 0 Å². The molecule has 3 heteroatoms. The minimum Gasteiger partial charge on any atom is -0.507 e. The number of hydrogen-bond donors (Lipinski definition) is 1. The molecule has 0 unspecified atom stereocenters. The van der Waals surface area contributed by atoms with Gasteiger partial charge in [-0.25, -0.2) is 4.39 Å². The number of phenolic OH excluding ortho intramolecular Hbond substituents is 1. The Morgan fingerprint density at radius 3 is 2.73 bits per heavy atom. The standard InChI is InChI=1S/C8H7FO2.H2/c1-5(10)7-4-6(9)2-3-8(7)11;/h2-4,11H,1H3;1H. The second kappa shape index (κ2) is 2.70. The predicted molar refractivity (Wildman–Crippen MR) is 40.2 cm³/mol. The number of hydrogen-bond acceptors (Lipinski definition) is 2. The van der Waals surface area contributed by atoms with Crippen LogP contribution in [0.5, 0.6) is 5.75 Å². The van der Waals surface area contributed by atoms with Gasteiger partial charge in [-0.1, -0.05) is 0 Å². The van der Waals surface area contributed by atoms with Gasteiger partial charge < -0.3 is 5.11 Å². The number of rotatable bonds is 1. The first kappa shape index (κ1) is 7.72. The molecule has 0 atom stereocenters. The van der Waals surface area contributed by atoms with Crippen molar-refractivity contribution in [1.29, 1.82) is 0 Å². The van der Waals surface area contributed by atoms with Crippen molar-refractivity contribution < 1.29 is 15.7 Å². The average Bonchev–Trinajstić information content (AvgIpc) is 1.94. The Kier molecular flexibility index (Phi) is 1.89. The van der Waals surface area contributed by atoms with Crippen molar-refractivity contribution in [3.63, 3.8) is 0 Å². The minimum absolute atomic E-state index is 0. The monoisotopic (exact) mass is 156 g/mol. The Morgan fingerprint density at radius 2 is 2.27 bits per heavy atom. The first-order chi connectivity index (χ1) is 5.11. The van der Waals surface area contributed by atoms with E-state index >= 15 is 0 Å². The molecule has 0 heterocycles. The van der Waals surface area contributed by atoms with Gasteiger partial charge in [0.25, 0.3) is 0 Å². The van der Waals surface area contributed by atoms with Gasteiger partial charge in [-0.2, -0.15) is 0 Å². The number of benzene rings is 1. The van der Waals surface area contributed by atoms with Crippen molar-refractivity contribution in [2.45, 2.75) is 6.92 Å². The largest absolute Gasteiger partial charge is 0.507 e. The highest BCUT2D eigenvalue weighted by atomic mass is 19.1. The highest BCUT2D eigenvalue weighted by Crippen LogP contribution is 2.17. The molecule has 0 bridgehead atoms. The first-order valence-corrected chi connectivity index (χ1v) is 3.10. The lowest BCUT2D eigenvalue weighted by atomic mass is 10.1. The molecule has 0 aromatic heterocycles. The van der Waals surface area contributed by atoms with Crippen LogP contribution in [0.25, 0.3) is 0 Å². The molecule has 1 rings (SSSR count). The summed E-state index contributed by atoms with van der Waals surface area (Å²) in [6.45, 7) is 1.27. The van der Waals surface area contributed by atoms with Crippen molar-refractivity contribution in [1.82, 2.24) is 0 Å². The summed E-state index contributed by atoms with van der Waals surface area (Å²) in [6, 6.07) is 3.27. The number of carbonyl (C=O) groups excluding carboxylic acids is 1. The van der Waals surface area contributed by atoms with Crippen LogP contribution in [0.3, 0.4) is 0 Å². The smallest absolute Gasteiger partial charge is 0.163 e. The molecule has 11 heavy (non-hydrogen) atoms. The summed E-state index contributed by atoms with van der Waals surface area (Å²) in [5.74, 6) is -1.05. The molecule has 0 aliphatic carbocycles. The molecule has 0 aliphatic rings. The maximum absolute atomic E-state index is 12.4. The second-order valence-electron chi connectivity index (χ2n) is 2.22. The quantitative estimate of drug-likeness (QED) is 0.631. The molecule has 0 radical (unpaired) electrons. The second-order valence-corrected chi connectivity index (χ2v) is 2.22. The number of Topliss-reactive ketones (excluding diaryl/α,β-unsaturated/α-hetero) is 1. The normalized spacial score (nSPS) is 9.64. The highest BCUT2D eigenvalue weighted by molar-refractivity contribution is 5.96. The van der Waals surface area contributed by atoms with Crippen LogP contribution in [0, 0.1) is 5.82 Å². The Bertz CT molecular complexity index is 299. The van der Waals surface area contributed by atoms with Gasteiger partial charge in [0.1, 0.15) is 11.6 Å². The van der Waals surface area contributed by atoms with Crippen LogP contribution >= 0.6 is 0 Å². The van der Waals surface area contributed by atoms with Crippen LogP contribution < -0.4 is 0 Å². The van der Waals surface area contributed by atoms with E-state index in [1.807, 2.05) is 0 Å². The zero-order chi connectivity index (χ0) is 8.43. The molecule has 0 saturated heterocycles. The Morgan fingerprint density at radius 1 is 1.64 bits per heavy atom. The van der Waals surface area contributed by atoms with Crippen molar-refractivity contribution >= 4 is 5.78 Å². The minimum atomic E-state index is -0.520. The van der Waals surface area contributed by atoms with Crippen molar-refractivity contribution in [3.05, 3.63) is 29.6 Å². The van der Waals surface area contributed by atoms with Gasteiger partial charge in [0, 0.05) is 1.43 Å². The summed E-state index contributed by atoms with van der Waals surface area (Å²) in [7, 11) is 0. The summed E-state index contributed by atoms with van der Waals surface area (Å²) < 4.78 is 12.4. The summed E-state index contributed by atoms with van der Waals surface area (Å²) >= 11 is 0. The lowest BCUT2D eigenvalue weighted by molar-refractivity contribution is 0.101. The van der Waals surface area contributed by atoms with Crippen LogP contribution in [0.1, 0.15) is 18.7 Å². The van der Waals surface area contributed by atoms with Gasteiger partial charge in [-0.05, 0) is 25.1 Å². The lowest BCUT2D eigenvalue weighted by Crippen LogP contribution is -1.92. The number of phenols is 1. The Balaban J connectivity index is 0.00000121. The van der Waals surface area contributed by atoms with Gasteiger partial charge in [-0.3, -0.25) is 4.79 Å². The highest BCUT2D eigenvalue weighted by Gasteiger charge is 2.06. The van der Waals surface area contributed by atoms with Crippen molar-refractivity contribution in [2.24, 2.45) is 0 Å². The average molecular weight is 156 g/mol. The number of halogens is 1. The summed E-state index contributed by atoms with van der Waals surface area (Å²) in [5, 5.41) is 9.02. The molecule has 0 amide bonds. The molecule has 1 aromatic carbocycles. The maximum atomic E-state index is 12.4. The molecule has 0 fully saturated rings. The predicted octanol–water partition coefficient (Wildman–Crippen LogP) is 1.98. The molecular weight excluding hydrogens is 147 g/mol. The van der Waals surface area contributed by atoms with E-state index in [2.05, 4.69) is 0 Å². The van der Waals surface area contributed by atoms with Crippen LogP contribution in [0.4, 0.5) is 4.39 Å². The van der Waals surface area contributed by atoms with Gasteiger partial charge in [0.05, 0.1) is 5.56 Å². The van der Waals surface area contributed by atoms with E-state index < -0.39 is 5.82 Å². The zero-order valence-electron chi connectivity index (χ0n) is 5.97. The van der Waals surface area contributed by atoms with Crippen molar-refractivity contribution in [2.75, 3.05) is 0 Å². The van der Waals surface area contributed by atoms with E-state index in [4.69, 9.17) is 5.11 Å². The maximum Gasteiger partial charge on any atom is 0.163 e. The zero-order valence-corrected chi connectivity index (χ0v) is 5.97. The third kappa shape index (κ3) is 1.55.